The van der Waals surface area contributed by atoms with Crippen LogP contribution in [0.1, 0.15) is 35.4 Å². The normalized spacial score (nSPS) is 20.2. The zero-order chi connectivity index (χ0) is 18.9. The predicted octanol–water partition coefficient (Wildman–Crippen LogP) is 4.99. The highest BCUT2D eigenvalue weighted by Crippen LogP contribution is 2.48. The lowest BCUT2D eigenvalue weighted by Gasteiger charge is -2.31. The second kappa shape index (κ2) is 7.86. The van der Waals surface area contributed by atoms with Gasteiger partial charge in [0.1, 0.15) is 0 Å². The van der Waals surface area contributed by atoms with Gasteiger partial charge < -0.3 is 10.2 Å². The van der Waals surface area contributed by atoms with Crippen molar-refractivity contribution in [2.45, 2.75) is 34.7 Å². The molecule has 4 rings (SSSR count). The fourth-order valence-corrected chi connectivity index (χ4v) is 5.17. The summed E-state index contributed by atoms with van der Waals surface area (Å²) >= 11 is 1.58. The van der Waals surface area contributed by atoms with Crippen LogP contribution in [-0.4, -0.2) is 37.6 Å². The van der Waals surface area contributed by atoms with E-state index < -0.39 is 11.7 Å². The molecule has 0 bridgehead atoms. The molecule has 2 aromatic carbocycles. The van der Waals surface area contributed by atoms with Gasteiger partial charge in [0.2, 0.25) is 0 Å². The first-order valence-corrected chi connectivity index (χ1v) is 10.2. The van der Waals surface area contributed by atoms with E-state index >= 15 is 0 Å². The second-order valence-electron chi connectivity index (χ2n) is 7.18. The van der Waals surface area contributed by atoms with Crippen molar-refractivity contribution in [2.24, 2.45) is 0 Å². The molecule has 6 heteroatoms. The molecule has 2 nitrogen and oxygen atoms in total. The molecule has 2 aromatic rings. The van der Waals surface area contributed by atoms with Gasteiger partial charge in [0.05, 0.1) is 5.56 Å². The Kier molecular flexibility index (Phi) is 5.48. The minimum Gasteiger partial charge on any atom is -0.314 e. The van der Waals surface area contributed by atoms with E-state index in [4.69, 9.17) is 0 Å². The molecule has 0 aromatic heterocycles. The van der Waals surface area contributed by atoms with Gasteiger partial charge in [0.15, 0.2) is 0 Å². The quantitative estimate of drug-likeness (QED) is 0.789. The summed E-state index contributed by atoms with van der Waals surface area (Å²) in [6.07, 6.45) is -2.45. The van der Waals surface area contributed by atoms with Crippen LogP contribution in [0.25, 0.3) is 0 Å². The van der Waals surface area contributed by atoms with E-state index in [0.717, 1.165) is 66.5 Å². The zero-order valence-electron chi connectivity index (χ0n) is 15.1. The Morgan fingerprint density at radius 2 is 1.74 bits per heavy atom. The highest BCUT2D eigenvalue weighted by molar-refractivity contribution is 7.99. The number of fused-ring (bicyclic) bond motifs is 2. The van der Waals surface area contributed by atoms with Crippen LogP contribution < -0.4 is 5.32 Å². The smallest absolute Gasteiger partial charge is 0.314 e. The van der Waals surface area contributed by atoms with Gasteiger partial charge in [-0.25, -0.2) is 0 Å². The Morgan fingerprint density at radius 1 is 1.00 bits per heavy atom. The van der Waals surface area contributed by atoms with E-state index in [1.165, 1.54) is 12.1 Å². The number of piperazine rings is 1. The van der Waals surface area contributed by atoms with E-state index in [0.29, 0.717) is 0 Å². The Hall–Kier alpha value is -1.50. The molecule has 2 aliphatic heterocycles. The molecular formula is C21H23F3N2S. The number of hydrogen-bond acceptors (Lipinski definition) is 3. The first kappa shape index (κ1) is 18.8. The Labute approximate surface area is 162 Å². The summed E-state index contributed by atoms with van der Waals surface area (Å²) in [5.74, 6) is 0.0302. The molecule has 1 fully saturated rings. The van der Waals surface area contributed by atoms with Crippen molar-refractivity contribution in [3.8, 4) is 0 Å². The number of alkyl halides is 3. The van der Waals surface area contributed by atoms with E-state index in [-0.39, 0.29) is 5.92 Å². The van der Waals surface area contributed by atoms with Gasteiger partial charge in [0, 0.05) is 41.9 Å². The average molecular weight is 392 g/mol. The molecule has 0 aliphatic carbocycles. The zero-order valence-corrected chi connectivity index (χ0v) is 15.9. The monoisotopic (exact) mass is 392 g/mol. The molecule has 1 N–H and O–H groups in total. The van der Waals surface area contributed by atoms with Crippen LogP contribution in [-0.2, 0) is 6.18 Å². The molecule has 0 spiro atoms. The summed E-state index contributed by atoms with van der Waals surface area (Å²) in [6.45, 7) is 5.13. The summed E-state index contributed by atoms with van der Waals surface area (Å²) in [4.78, 5) is 4.55. The summed E-state index contributed by atoms with van der Waals surface area (Å²) in [7, 11) is 0. The van der Waals surface area contributed by atoms with Crippen molar-refractivity contribution in [3.05, 3.63) is 59.2 Å². The fraction of sp³-hybridized carbons (Fsp3) is 0.429. The number of nitrogens with one attached hydrogen (secondary N) is 1. The maximum Gasteiger partial charge on any atom is 0.416 e. The Bertz CT molecular complexity index is 800. The van der Waals surface area contributed by atoms with Crippen LogP contribution in [0, 0.1) is 0 Å². The summed E-state index contributed by atoms with van der Waals surface area (Å²) < 4.78 is 39.8. The molecule has 0 amide bonds. The molecule has 2 aliphatic rings. The van der Waals surface area contributed by atoms with Crippen LogP contribution in [0.2, 0.25) is 0 Å². The average Bonchev–Trinajstić information content (AvgIpc) is 2.67. The summed E-state index contributed by atoms with van der Waals surface area (Å²) in [5.41, 5.74) is 1.44. The minimum atomic E-state index is -4.30. The maximum absolute atomic E-state index is 13.3. The van der Waals surface area contributed by atoms with E-state index in [1.54, 1.807) is 17.8 Å². The molecule has 1 atom stereocenters. The minimum absolute atomic E-state index is 0.0302. The summed E-state index contributed by atoms with van der Waals surface area (Å²) in [6, 6.07) is 12.3. The van der Waals surface area contributed by atoms with Crippen LogP contribution in [0.4, 0.5) is 13.2 Å². The number of nitrogens with zero attached hydrogens (tertiary/aromatic N) is 1. The topological polar surface area (TPSA) is 15.3 Å². The largest absolute Gasteiger partial charge is 0.416 e. The molecule has 0 radical (unpaired) electrons. The van der Waals surface area contributed by atoms with E-state index in [9.17, 15) is 13.2 Å². The lowest BCUT2D eigenvalue weighted by Crippen LogP contribution is -2.43. The number of benzene rings is 2. The molecule has 1 saturated heterocycles. The lowest BCUT2D eigenvalue weighted by molar-refractivity contribution is -0.137. The van der Waals surface area contributed by atoms with Gasteiger partial charge in [-0.05, 0) is 54.8 Å². The second-order valence-corrected chi connectivity index (χ2v) is 8.26. The van der Waals surface area contributed by atoms with E-state index in [2.05, 4.69) is 22.3 Å². The van der Waals surface area contributed by atoms with Crippen molar-refractivity contribution in [1.82, 2.24) is 10.2 Å². The van der Waals surface area contributed by atoms with Crippen molar-refractivity contribution in [3.63, 3.8) is 0 Å². The third kappa shape index (κ3) is 4.18. The first-order chi connectivity index (χ1) is 13.0. The van der Waals surface area contributed by atoms with Crippen LogP contribution >= 0.6 is 11.8 Å². The van der Waals surface area contributed by atoms with Gasteiger partial charge in [-0.3, -0.25) is 0 Å². The van der Waals surface area contributed by atoms with Crippen molar-refractivity contribution in [2.75, 3.05) is 32.7 Å². The predicted molar refractivity (Wildman–Crippen MR) is 102 cm³/mol. The molecular weight excluding hydrogens is 369 g/mol. The number of halogens is 3. The molecule has 144 valence electrons. The van der Waals surface area contributed by atoms with Crippen LogP contribution in [0.15, 0.2) is 52.3 Å². The van der Waals surface area contributed by atoms with Gasteiger partial charge in [0.25, 0.3) is 0 Å². The molecule has 2 heterocycles. The van der Waals surface area contributed by atoms with Gasteiger partial charge >= 0.3 is 6.18 Å². The number of rotatable bonds is 4. The van der Waals surface area contributed by atoms with Crippen molar-refractivity contribution >= 4 is 11.8 Å². The maximum atomic E-state index is 13.3. The molecule has 1 unspecified atom stereocenters. The SMILES string of the molecule is FC(F)(F)c1ccc2c(c1)C(CCCN1CCNCC1)c1ccccc1S2. The molecule has 0 saturated carbocycles. The molecule has 27 heavy (non-hydrogen) atoms. The van der Waals surface area contributed by atoms with Crippen LogP contribution in [0.3, 0.4) is 0 Å². The van der Waals surface area contributed by atoms with E-state index in [1.807, 2.05) is 12.1 Å². The van der Waals surface area contributed by atoms with Crippen LogP contribution in [0.5, 0.6) is 0 Å². The van der Waals surface area contributed by atoms with Gasteiger partial charge in [-0.1, -0.05) is 30.0 Å². The Balaban J connectivity index is 1.59. The highest BCUT2D eigenvalue weighted by atomic mass is 32.2. The van der Waals surface area contributed by atoms with Gasteiger partial charge in [-0.15, -0.1) is 0 Å². The fourth-order valence-electron chi connectivity index (χ4n) is 4.00. The third-order valence-electron chi connectivity index (χ3n) is 5.40. The first-order valence-electron chi connectivity index (χ1n) is 9.43. The number of hydrogen-bond donors (Lipinski definition) is 1. The summed E-state index contributed by atoms with van der Waals surface area (Å²) in [5, 5.41) is 3.35. The lowest BCUT2D eigenvalue weighted by atomic mass is 9.86. The third-order valence-corrected chi connectivity index (χ3v) is 6.59. The standard InChI is InChI=1S/C21H23F3N2S/c22-21(23,24)15-7-8-20-18(14-15)16(17-4-1-2-6-19(17)27-20)5-3-11-26-12-9-25-10-13-26/h1-2,4,6-8,14,16,25H,3,5,9-13H2. The van der Waals surface area contributed by atoms with Crippen molar-refractivity contribution in [1.29, 1.82) is 0 Å². The highest BCUT2D eigenvalue weighted by Gasteiger charge is 2.34. The Morgan fingerprint density at radius 3 is 2.52 bits per heavy atom. The van der Waals surface area contributed by atoms with Crippen molar-refractivity contribution < 1.29 is 13.2 Å². The van der Waals surface area contributed by atoms with Gasteiger partial charge in [-0.2, -0.15) is 13.2 Å².